The van der Waals surface area contributed by atoms with Crippen molar-refractivity contribution in [2.24, 2.45) is 0 Å². The van der Waals surface area contributed by atoms with Crippen LogP contribution in [-0.4, -0.2) is 27.4 Å². The van der Waals surface area contributed by atoms with E-state index in [1.54, 1.807) is 0 Å². The third-order valence-corrected chi connectivity index (χ3v) is 2.97. The zero-order valence-electron chi connectivity index (χ0n) is 8.90. The second-order valence-electron chi connectivity index (χ2n) is 4.02. The molecule has 2 unspecified atom stereocenters. The molecule has 14 heavy (non-hydrogen) atoms. The fourth-order valence-electron chi connectivity index (χ4n) is 2.18. The second-order valence-corrected chi connectivity index (χ2v) is 4.02. The van der Waals surface area contributed by atoms with E-state index in [2.05, 4.69) is 33.9 Å². The highest BCUT2D eigenvalue weighted by Crippen LogP contribution is 2.25. The molecule has 1 saturated heterocycles. The highest BCUT2D eigenvalue weighted by molar-refractivity contribution is 5.04. The number of aromatic nitrogens is 3. The van der Waals surface area contributed by atoms with Crippen molar-refractivity contribution in [2.45, 2.75) is 45.2 Å². The van der Waals surface area contributed by atoms with Gasteiger partial charge >= 0.3 is 0 Å². The van der Waals surface area contributed by atoms with Gasteiger partial charge in [0.25, 0.3) is 0 Å². The van der Waals surface area contributed by atoms with Crippen molar-refractivity contribution in [3.8, 4) is 0 Å². The molecule has 1 aromatic heterocycles. The molecule has 0 amide bonds. The van der Waals surface area contributed by atoms with Crippen LogP contribution in [0.15, 0.2) is 6.33 Å². The van der Waals surface area contributed by atoms with Gasteiger partial charge in [0, 0.05) is 18.5 Å². The van der Waals surface area contributed by atoms with Crippen molar-refractivity contribution in [1.29, 1.82) is 0 Å². The van der Waals surface area contributed by atoms with Crippen molar-refractivity contribution in [3.05, 3.63) is 12.2 Å². The van der Waals surface area contributed by atoms with Gasteiger partial charge in [-0.05, 0) is 26.3 Å². The molecule has 2 heterocycles. The first kappa shape index (κ1) is 9.65. The molecule has 0 saturated carbocycles. The molecule has 0 aromatic carbocycles. The normalized spacial score (nSPS) is 27.0. The lowest BCUT2D eigenvalue weighted by Gasteiger charge is -2.15. The molecule has 0 bridgehead atoms. The van der Waals surface area contributed by atoms with Crippen molar-refractivity contribution in [2.75, 3.05) is 6.54 Å². The molecular weight excluding hydrogens is 176 g/mol. The minimum atomic E-state index is 0.537. The molecule has 2 atom stereocenters. The molecule has 1 N–H and O–H groups in total. The Morgan fingerprint density at radius 1 is 1.64 bits per heavy atom. The summed E-state index contributed by atoms with van der Waals surface area (Å²) in [6.45, 7) is 6.54. The van der Waals surface area contributed by atoms with Crippen LogP contribution in [0, 0.1) is 0 Å². The zero-order chi connectivity index (χ0) is 9.97. The number of nitrogens with one attached hydrogen (secondary N) is 1. The summed E-state index contributed by atoms with van der Waals surface area (Å²) in [5, 5.41) is 11.7. The number of nitrogens with zero attached hydrogens (tertiary/aromatic N) is 3. The predicted molar refractivity (Wildman–Crippen MR) is 55.1 cm³/mol. The van der Waals surface area contributed by atoms with E-state index in [1.165, 1.54) is 6.42 Å². The third-order valence-electron chi connectivity index (χ3n) is 2.97. The SMILES string of the molecule is CCCn1cnnc1C1CCNC1C. The summed E-state index contributed by atoms with van der Waals surface area (Å²) >= 11 is 0. The van der Waals surface area contributed by atoms with E-state index in [9.17, 15) is 0 Å². The van der Waals surface area contributed by atoms with Gasteiger partial charge in [-0.2, -0.15) is 0 Å². The minimum Gasteiger partial charge on any atom is -0.317 e. The topological polar surface area (TPSA) is 42.7 Å². The second kappa shape index (κ2) is 4.09. The Kier molecular flexibility index (Phi) is 2.82. The Morgan fingerprint density at radius 2 is 2.50 bits per heavy atom. The average Bonchev–Trinajstić information content (AvgIpc) is 2.74. The van der Waals surface area contributed by atoms with Crippen LogP contribution in [0.3, 0.4) is 0 Å². The van der Waals surface area contributed by atoms with Crippen LogP contribution in [0.25, 0.3) is 0 Å². The minimum absolute atomic E-state index is 0.537. The van der Waals surface area contributed by atoms with E-state index < -0.39 is 0 Å². The summed E-state index contributed by atoms with van der Waals surface area (Å²) in [6, 6.07) is 0.537. The molecule has 78 valence electrons. The lowest BCUT2D eigenvalue weighted by Crippen LogP contribution is -2.23. The Morgan fingerprint density at radius 3 is 3.14 bits per heavy atom. The van der Waals surface area contributed by atoms with E-state index in [4.69, 9.17) is 0 Å². The van der Waals surface area contributed by atoms with Gasteiger partial charge in [0.1, 0.15) is 12.2 Å². The molecule has 1 aliphatic rings. The van der Waals surface area contributed by atoms with Gasteiger partial charge in [-0.25, -0.2) is 0 Å². The summed E-state index contributed by atoms with van der Waals surface area (Å²) in [5.41, 5.74) is 0. The fraction of sp³-hybridized carbons (Fsp3) is 0.800. The quantitative estimate of drug-likeness (QED) is 0.785. The maximum Gasteiger partial charge on any atom is 0.137 e. The Labute approximate surface area is 84.7 Å². The first-order chi connectivity index (χ1) is 6.83. The van der Waals surface area contributed by atoms with Gasteiger partial charge in [0.2, 0.25) is 0 Å². The number of hydrogen-bond acceptors (Lipinski definition) is 3. The summed E-state index contributed by atoms with van der Waals surface area (Å²) in [6.07, 6.45) is 4.17. The maximum absolute atomic E-state index is 4.24. The number of aryl methyl sites for hydroxylation is 1. The van der Waals surface area contributed by atoms with E-state index in [0.717, 1.165) is 25.3 Å². The Hall–Kier alpha value is -0.900. The molecule has 4 heteroatoms. The molecule has 0 radical (unpaired) electrons. The van der Waals surface area contributed by atoms with Crippen LogP contribution >= 0.6 is 0 Å². The lowest BCUT2D eigenvalue weighted by atomic mass is 10.0. The monoisotopic (exact) mass is 194 g/mol. The van der Waals surface area contributed by atoms with Gasteiger partial charge in [-0.3, -0.25) is 0 Å². The Balaban J connectivity index is 2.17. The van der Waals surface area contributed by atoms with E-state index in [-0.39, 0.29) is 0 Å². The van der Waals surface area contributed by atoms with Crippen LogP contribution in [0.4, 0.5) is 0 Å². The van der Waals surface area contributed by atoms with Crippen LogP contribution in [0.2, 0.25) is 0 Å². The molecule has 4 nitrogen and oxygen atoms in total. The van der Waals surface area contributed by atoms with Crippen molar-refractivity contribution < 1.29 is 0 Å². The lowest BCUT2D eigenvalue weighted by molar-refractivity contribution is 0.525. The molecule has 2 rings (SSSR count). The zero-order valence-corrected chi connectivity index (χ0v) is 8.90. The van der Waals surface area contributed by atoms with Gasteiger partial charge in [-0.15, -0.1) is 10.2 Å². The largest absolute Gasteiger partial charge is 0.317 e. The smallest absolute Gasteiger partial charge is 0.137 e. The highest BCUT2D eigenvalue weighted by Gasteiger charge is 2.28. The number of rotatable bonds is 3. The molecule has 1 aromatic rings. The predicted octanol–water partition coefficient (Wildman–Crippen LogP) is 1.15. The van der Waals surface area contributed by atoms with Crippen molar-refractivity contribution in [3.63, 3.8) is 0 Å². The third kappa shape index (κ3) is 1.66. The molecule has 1 aliphatic heterocycles. The van der Waals surface area contributed by atoms with Gasteiger partial charge in [0.05, 0.1) is 0 Å². The standard InChI is InChI=1S/C10H18N4/c1-3-6-14-7-12-13-10(14)9-4-5-11-8(9)2/h7-9,11H,3-6H2,1-2H3. The molecule has 0 aliphatic carbocycles. The molecule has 0 spiro atoms. The fourth-order valence-corrected chi connectivity index (χ4v) is 2.18. The summed E-state index contributed by atoms with van der Waals surface area (Å²) < 4.78 is 2.19. The highest BCUT2D eigenvalue weighted by atomic mass is 15.3. The van der Waals surface area contributed by atoms with E-state index >= 15 is 0 Å². The molecule has 1 fully saturated rings. The first-order valence-corrected chi connectivity index (χ1v) is 5.44. The van der Waals surface area contributed by atoms with Gasteiger partial charge in [-0.1, -0.05) is 6.92 Å². The number of hydrogen-bond donors (Lipinski definition) is 1. The van der Waals surface area contributed by atoms with Crippen molar-refractivity contribution in [1.82, 2.24) is 20.1 Å². The Bertz CT molecular complexity index is 294. The maximum atomic E-state index is 4.24. The van der Waals surface area contributed by atoms with Crippen molar-refractivity contribution >= 4 is 0 Å². The van der Waals surface area contributed by atoms with Crippen LogP contribution in [0.1, 0.15) is 38.4 Å². The van der Waals surface area contributed by atoms with Crippen LogP contribution in [0.5, 0.6) is 0 Å². The summed E-state index contributed by atoms with van der Waals surface area (Å²) in [4.78, 5) is 0. The van der Waals surface area contributed by atoms with E-state index in [0.29, 0.717) is 12.0 Å². The van der Waals surface area contributed by atoms with Gasteiger partial charge in [0.15, 0.2) is 0 Å². The summed E-state index contributed by atoms with van der Waals surface area (Å²) in [7, 11) is 0. The van der Waals surface area contributed by atoms with Crippen LogP contribution in [-0.2, 0) is 6.54 Å². The average molecular weight is 194 g/mol. The first-order valence-electron chi connectivity index (χ1n) is 5.44. The summed E-state index contributed by atoms with van der Waals surface area (Å²) in [5.74, 6) is 1.70. The molecular formula is C10H18N4. The van der Waals surface area contributed by atoms with Crippen LogP contribution < -0.4 is 5.32 Å². The van der Waals surface area contributed by atoms with E-state index in [1.807, 2.05) is 6.33 Å². The van der Waals surface area contributed by atoms with Gasteiger partial charge < -0.3 is 9.88 Å².